The van der Waals surface area contributed by atoms with Gasteiger partial charge in [-0.2, -0.15) is 4.98 Å². The molecule has 0 aromatic carbocycles. The Bertz CT molecular complexity index is 1070. The second-order valence-corrected chi connectivity index (χ2v) is 10.3. The predicted molar refractivity (Wildman–Crippen MR) is 148 cm³/mol. The first-order valence-electron chi connectivity index (χ1n) is 13.8. The van der Waals surface area contributed by atoms with E-state index in [4.69, 9.17) is 38.0 Å². The van der Waals surface area contributed by atoms with Gasteiger partial charge in [-0.25, -0.2) is 9.78 Å². The summed E-state index contributed by atoms with van der Waals surface area (Å²) in [6, 6.07) is 1.73. The Morgan fingerprint density at radius 2 is 1.79 bits per heavy atom. The molecule has 1 aliphatic heterocycles. The third-order valence-corrected chi connectivity index (χ3v) is 7.23. The summed E-state index contributed by atoms with van der Waals surface area (Å²) in [6.45, 7) is 2.19. The average Bonchev–Trinajstić information content (AvgIpc) is 3.46. The van der Waals surface area contributed by atoms with Crippen LogP contribution >= 0.6 is 11.6 Å². The molecule has 3 atom stereocenters. The van der Waals surface area contributed by atoms with Crippen molar-refractivity contribution in [2.75, 3.05) is 18.9 Å². The molecule has 0 spiro atoms. The lowest BCUT2D eigenvalue weighted by molar-refractivity contribution is -0.0979. The second-order valence-electron chi connectivity index (χ2n) is 9.97. The van der Waals surface area contributed by atoms with Crippen molar-refractivity contribution in [3.05, 3.63) is 17.5 Å². The first-order chi connectivity index (χ1) is 18.4. The summed E-state index contributed by atoms with van der Waals surface area (Å²) in [5.74, 6) is 2.70. The minimum Gasteiger partial charge on any atom is -0.434 e. The zero-order valence-electron chi connectivity index (χ0n) is 22.4. The number of anilines is 1. The zero-order chi connectivity index (χ0) is 27.4. The van der Waals surface area contributed by atoms with Crippen molar-refractivity contribution >= 4 is 34.6 Å². The van der Waals surface area contributed by atoms with Crippen molar-refractivity contribution in [3.8, 4) is 12.3 Å². The fraction of sp³-hybridized carbons (Fsp3) is 0.679. The number of nitrogens with two attached hydrogens (primary N) is 1. The van der Waals surface area contributed by atoms with Crippen LogP contribution in [0.25, 0.3) is 11.0 Å². The summed E-state index contributed by atoms with van der Waals surface area (Å²) >= 11 is 5.96. The van der Waals surface area contributed by atoms with Crippen molar-refractivity contribution in [2.45, 2.75) is 108 Å². The maximum Gasteiger partial charge on any atom is 0.508 e. The molecule has 3 N–H and O–H groups in total. The van der Waals surface area contributed by atoms with Gasteiger partial charge in [0.25, 0.3) is 0 Å². The van der Waals surface area contributed by atoms with Gasteiger partial charge in [0, 0.05) is 12.6 Å². The molecule has 2 aromatic heterocycles. The molecule has 2 aromatic rings. The van der Waals surface area contributed by atoms with E-state index in [1.807, 2.05) is 0 Å². The number of fused-ring (bicyclic) bond motifs is 1. The fourth-order valence-electron chi connectivity index (χ4n) is 4.79. The standard InChI is InChI=1S/C28H41ClN4O5/c1-3-5-6-7-8-9-10-11-12-13-14-15-18-36-27(35)37-20-28(4-2)22(34)19-23(38-28)33-17-16-21-24(30)31-26(29)32-25(21)33/h2,16-17,22-23,34H,3,5-15,18-20H2,1H3,(H2,30,31,32)/t22-,23+,28+/m0/s1. The maximum absolute atomic E-state index is 12.1. The van der Waals surface area contributed by atoms with Crippen LogP contribution in [0.5, 0.6) is 0 Å². The number of terminal acetylenes is 1. The minimum atomic E-state index is -1.52. The Hall–Kier alpha value is -2.54. The first-order valence-corrected chi connectivity index (χ1v) is 14.2. The largest absolute Gasteiger partial charge is 0.508 e. The van der Waals surface area contributed by atoms with Gasteiger partial charge >= 0.3 is 6.16 Å². The number of halogens is 1. The number of ether oxygens (including phenoxy) is 3. The summed E-state index contributed by atoms with van der Waals surface area (Å²) in [7, 11) is 0. The van der Waals surface area contributed by atoms with Crippen molar-refractivity contribution in [1.29, 1.82) is 0 Å². The van der Waals surface area contributed by atoms with E-state index >= 15 is 0 Å². The van der Waals surface area contributed by atoms with Gasteiger partial charge in [-0.05, 0) is 24.1 Å². The van der Waals surface area contributed by atoms with Crippen LogP contribution in [-0.4, -0.2) is 50.7 Å². The highest BCUT2D eigenvalue weighted by atomic mass is 35.5. The molecule has 0 aliphatic carbocycles. The molecule has 0 radical (unpaired) electrons. The molecule has 38 heavy (non-hydrogen) atoms. The number of nitrogens with zero attached hydrogens (tertiary/aromatic N) is 3. The molecule has 1 fully saturated rings. The summed E-state index contributed by atoms with van der Waals surface area (Å²) < 4.78 is 18.1. The van der Waals surface area contributed by atoms with E-state index in [0.717, 1.165) is 19.3 Å². The van der Waals surface area contributed by atoms with Gasteiger partial charge in [-0.3, -0.25) is 0 Å². The molecule has 1 aliphatic rings. The van der Waals surface area contributed by atoms with Gasteiger partial charge in [0.15, 0.2) is 5.60 Å². The molecule has 0 amide bonds. The molecule has 210 valence electrons. The van der Waals surface area contributed by atoms with E-state index in [-0.39, 0.29) is 30.7 Å². The van der Waals surface area contributed by atoms with Crippen LogP contribution in [-0.2, 0) is 14.2 Å². The Morgan fingerprint density at radius 3 is 2.42 bits per heavy atom. The van der Waals surface area contributed by atoms with Crippen LogP contribution in [0.1, 0.15) is 96.6 Å². The SMILES string of the molecule is C#C[C@]1(COC(=O)OCCCCCCCCCCCCCC)O[C@@H](n2ccc3c(N)nc(Cl)nc32)C[C@@H]1O. The number of unbranched alkanes of at least 4 members (excludes halogenated alkanes) is 11. The van der Waals surface area contributed by atoms with Crippen LogP contribution < -0.4 is 5.73 Å². The summed E-state index contributed by atoms with van der Waals surface area (Å²) in [5, 5.41) is 11.3. The Balaban J connectivity index is 1.34. The average molecular weight is 549 g/mol. The van der Waals surface area contributed by atoms with Gasteiger partial charge in [-0.1, -0.05) is 83.5 Å². The molecule has 0 saturated carbocycles. The van der Waals surface area contributed by atoms with Gasteiger partial charge in [-0.15, -0.1) is 6.42 Å². The maximum atomic E-state index is 12.1. The minimum absolute atomic E-state index is 0.00375. The van der Waals surface area contributed by atoms with Gasteiger partial charge < -0.3 is 29.6 Å². The summed E-state index contributed by atoms with van der Waals surface area (Å²) in [5.41, 5.74) is 4.86. The number of carbonyl (C=O) groups excluding carboxylic acids is 1. The third kappa shape index (κ3) is 8.23. The lowest BCUT2D eigenvalue weighted by Crippen LogP contribution is -2.43. The third-order valence-electron chi connectivity index (χ3n) is 7.06. The summed E-state index contributed by atoms with van der Waals surface area (Å²) in [6.07, 6.45) is 19.7. The number of aliphatic hydroxyl groups excluding tert-OH is 1. The Labute approximate surface area is 230 Å². The van der Waals surface area contributed by atoms with Crippen LogP contribution in [0.4, 0.5) is 10.6 Å². The number of rotatable bonds is 16. The number of aliphatic hydroxyl groups is 1. The number of carbonyl (C=O) groups is 1. The van der Waals surface area contributed by atoms with E-state index in [1.54, 1.807) is 16.8 Å². The molecule has 0 bridgehead atoms. The highest BCUT2D eigenvalue weighted by Crippen LogP contribution is 2.39. The summed E-state index contributed by atoms with van der Waals surface area (Å²) in [4.78, 5) is 20.3. The topological polar surface area (TPSA) is 122 Å². The number of hydrogen-bond donors (Lipinski definition) is 2. The van der Waals surface area contributed by atoms with Gasteiger partial charge in [0.05, 0.1) is 12.0 Å². The van der Waals surface area contributed by atoms with Crippen LogP contribution in [0.15, 0.2) is 12.3 Å². The normalized spacial score (nSPS) is 21.0. The lowest BCUT2D eigenvalue weighted by Gasteiger charge is -2.26. The fourth-order valence-corrected chi connectivity index (χ4v) is 4.96. The van der Waals surface area contributed by atoms with Crippen LogP contribution in [0.3, 0.4) is 0 Å². The number of aromatic nitrogens is 3. The van der Waals surface area contributed by atoms with Crippen molar-refractivity contribution in [2.24, 2.45) is 0 Å². The molecular weight excluding hydrogens is 508 g/mol. The monoisotopic (exact) mass is 548 g/mol. The van der Waals surface area contributed by atoms with E-state index in [1.165, 1.54) is 57.8 Å². The predicted octanol–water partition coefficient (Wildman–Crippen LogP) is 6.17. The molecular formula is C28H41ClN4O5. The Kier molecular flexibility index (Phi) is 12.0. The number of hydrogen-bond acceptors (Lipinski definition) is 8. The molecule has 3 heterocycles. The highest BCUT2D eigenvalue weighted by molar-refractivity contribution is 6.28. The quantitative estimate of drug-likeness (QED) is 0.110. The zero-order valence-corrected chi connectivity index (χ0v) is 23.1. The Morgan fingerprint density at radius 1 is 1.16 bits per heavy atom. The second kappa shape index (κ2) is 15.2. The van der Waals surface area contributed by atoms with Crippen molar-refractivity contribution in [1.82, 2.24) is 14.5 Å². The van der Waals surface area contributed by atoms with Gasteiger partial charge in [0.2, 0.25) is 5.28 Å². The van der Waals surface area contributed by atoms with Gasteiger partial charge in [0.1, 0.15) is 30.4 Å². The molecule has 0 unspecified atom stereocenters. The van der Waals surface area contributed by atoms with Crippen LogP contribution in [0, 0.1) is 12.3 Å². The van der Waals surface area contributed by atoms with Crippen LogP contribution in [0.2, 0.25) is 5.28 Å². The number of nitrogen functional groups attached to an aromatic ring is 1. The van der Waals surface area contributed by atoms with E-state index in [0.29, 0.717) is 11.0 Å². The lowest BCUT2D eigenvalue weighted by atomic mass is 9.99. The molecule has 3 rings (SSSR count). The van der Waals surface area contributed by atoms with E-state index < -0.39 is 24.1 Å². The van der Waals surface area contributed by atoms with E-state index in [9.17, 15) is 9.90 Å². The molecule has 9 nitrogen and oxygen atoms in total. The van der Waals surface area contributed by atoms with Crippen molar-refractivity contribution in [3.63, 3.8) is 0 Å². The first kappa shape index (κ1) is 30.0. The van der Waals surface area contributed by atoms with Crippen molar-refractivity contribution < 1.29 is 24.1 Å². The molecule has 1 saturated heterocycles. The van der Waals surface area contributed by atoms with E-state index in [2.05, 4.69) is 22.8 Å². The highest BCUT2D eigenvalue weighted by Gasteiger charge is 2.49. The smallest absolute Gasteiger partial charge is 0.434 e. The molecule has 10 heteroatoms.